The number of aromatic amines is 1. The predicted molar refractivity (Wildman–Crippen MR) is 116 cm³/mol. The van der Waals surface area contributed by atoms with Crippen LogP contribution in [0.2, 0.25) is 0 Å². The van der Waals surface area contributed by atoms with E-state index in [1.165, 1.54) is 0 Å². The maximum absolute atomic E-state index is 5.30. The lowest BCUT2D eigenvalue weighted by Gasteiger charge is -2.21. The van der Waals surface area contributed by atoms with Crippen molar-refractivity contribution in [2.24, 2.45) is 4.99 Å². The Hall–Kier alpha value is -3.09. The number of hydrogen-bond donors (Lipinski definition) is 2. The highest BCUT2D eigenvalue weighted by atomic mass is 16.5. The summed E-state index contributed by atoms with van der Waals surface area (Å²) in [7, 11) is 2.02. The molecular weight excluding hydrogens is 364 g/mol. The second-order valence-corrected chi connectivity index (χ2v) is 7.30. The van der Waals surface area contributed by atoms with Gasteiger partial charge in [-0.05, 0) is 26.3 Å². The topological polar surface area (TPSA) is 82.3 Å². The van der Waals surface area contributed by atoms with Crippen molar-refractivity contribution in [3.05, 3.63) is 59.4 Å². The van der Waals surface area contributed by atoms with Crippen molar-refractivity contribution in [3.8, 4) is 11.3 Å². The maximum atomic E-state index is 5.30. The third kappa shape index (κ3) is 5.04. The number of aliphatic imine (C=N–C) groups is 1. The Morgan fingerprint density at radius 1 is 1.28 bits per heavy atom. The van der Waals surface area contributed by atoms with Crippen LogP contribution in [-0.4, -0.2) is 46.1 Å². The van der Waals surface area contributed by atoms with Gasteiger partial charge in [-0.2, -0.15) is 0 Å². The van der Waals surface area contributed by atoms with E-state index in [0.717, 1.165) is 46.6 Å². The number of aryl methyl sites for hydroxylation is 2. The number of benzene rings is 1. The summed E-state index contributed by atoms with van der Waals surface area (Å²) in [6, 6.07) is 10.2. The summed E-state index contributed by atoms with van der Waals surface area (Å²) in [5.41, 5.74) is 4.23. The van der Waals surface area contributed by atoms with Crippen molar-refractivity contribution >= 4 is 5.96 Å². The Morgan fingerprint density at radius 2 is 2.03 bits per heavy atom. The maximum Gasteiger partial charge on any atom is 0.194 e. The molecular formula is C22H30N6O. The van der Waals surface area contributed by atoms with Crippen LogP contribution in [0.15, 0.2) is 46.0 Å². The van der Waals surface area contributed by atoms with E-state index in [9.17, 15) is 0 Å². The minimum absolute atomic E-state index is 0.233. The number of guanidine groups is 1. The molecule has 0 saturated heterocycles. The largest absolute Gasteiger partial charge is 0.361 e. The minimum Gasteiger partial charge on any atom is -0.361 e. The highest BCUT2D eigenvalue weighted by Gasteiger charge is 2.17. The molecule has 29 heavy (non-hydrogen) atoms. The van der Waals surface area contributed by atoms with Crippen LogP contribution in [0.5, 0.6) is 0 Å². The third-order valence-corrected chi connectivity index (χ3v) is 4.89. The van der Waals surface area contributed by atoms with Crippen LogP contribution in [0.1, 0.15) is 42.6 Å². The molecule has 0 aliphatic carbocycles. The first-order valence-electron chi connectivity index (χ1n) is 10.0. The van der Waals surface area contributed by atoms with Gasteiger partial charge in [0.05, 0.1) is 24.1 Å². The van der Waals surface area contributed by atoms with E-state index < -0.39 is 0 Å². The Balaban J connectivity index is 1.68. The molecule has 2 aromatic heterocycles. The monoisotopic (exact) mass is 394 g/mol. The average molecular weight is 395 g/mol. The summed E-state index contributed by atoms with van der Waals surface area (Å²) in [4.78, 5) is 14.9. The van der Waals surface area contributed by atoms with Crippen molar-refractivity contribution in [3.63, 3.8) is 0 Å². The first-order valence-corrected chi connectivity index (χ1v) is 10.0. The number of hydrogen-bond acceptors (Lipinski definition) is 4. The van der Waals surface area contributed by atoms with E-state index in [-0.39, 0.29) is 5.92 Å². The molecule has 0 saturated carbocycles. The molecule has 2 N–H and O–H groups in total. The molecule has 3 aromatic rings. The summed E-state index contributed by atoms with van der Waals surface area (Å²) in [6.07, 6.45) is 1.88. The van der Waals surface area contributed by atoms with Gasteiger partial charge in [0.15, 0.2) is 5.96 Å². The summed E-state index contributed by atoms with van der Waals surface area (Å²) in [6.45, 7) is 10.2. The molecule has 0 aliphatic rings. The van der Waals surface area contributed by atoms with Crippen LogP contribution in [0.3, 0.4) is 0 Å². The van der Waals surface area contributed by atoms with E-state index in [2.05, 4.69) is 51.3 Å². The van der Waals surface area contributed by atoms with Crippen LogP contribution in [0.4, 0.5) is 0 Å². The molecule has 1 atom stereocenters. The minimum atomic E-state index is 0.233. The van der Waals surface area contributed by atoms with Gasteiger partial charge in [0.1, 0.15) is 11.6 Å². The Bertz CT molecular complexity index is 924. The first-order chi connectivity index (χ1) is 14.0. The number of rotatable bonds is 7. The van der Waals surface area contributed by atoms with Gasteiger partial charge in [-0.15, -0.1) is 0 Å². The van der Waals surface area contributed by atoms with Gasteiger partial charge in [-0.3, -0.25) is 4.99 Å². The molecule has 3 rings (SSSR count). The van der Waals surface area contributed by atoms with Gasteiger partial charge in [0.25, 0.3) is 0 Å². The van der Waals surface area contributed by atoms with Crippen LogP contribution < -0.4 is 5.32 Å². The van der Waals surface area contributed by atoms with Crippen LogP contribution in [0, 0.1) is 13.8 Å². The summed E-state index contributed by atoms with van der Waals surface area (Å²) < 4.78 is 5.30. The molecule has 154 valence electrons. The normalized spacial score (nSPS) is 12.8. The first kappa shape index (κ1) is 20.6. The van der Waals surface area contributed by atoms with E-state index in [0.29, 0.717) is 13.1 Å². The SMILES string of the molecule is CCNC(=NCC(C)c1c(C)noc1C)N(C)Cc1ncc(-c2ccccc2)[nH]1. The van der Waals surface area contributed by atoms with Crippen molar-refractivity contribution in [2.75, 3.05) is 20.1 Å². The van der Waals surface area contributed by atoms with Crippen LogP contribution in [0.25, 0.3) is 11.3 Å². The zero-order chi connectivity index (χ0) is 20.8. The summed E-state index contributed by atoms with van der Waals surface area (Å²) in [5.74, 6) is 2.85. The second-order valence-electron chi connectivity index (χ2n) is 7.30. The average Bonchev–Trinajstić information content (AvgIpc) is 3.31. The number of aromatic nitrogens is 3. The van der Waals surface area contributed by atoms with E-state index in [1.807, 2.05) is 45.3 Å². The smallest absolute Gasteiger partial charge is 0.194 e. The molecule has 0 aliphatic heterocycles. The molecule has 0 fully saturated rings. The van der Waals surface area contributed by atoms with Gasteiger partial charge in [-0.1, -0.05) is 42.4 Å². The van der Waals surface area contributed by atoms with E-state index in [1.54, 1.807) is 0 Å². The summed E-state index contributed by atoms with van der Waals surface area (Å²) >= 11 is 0. The number of imidazole rings is 1. The lowest BCUT2D eigenvalue weighted by atomic mass is 10.00. The molecule has 2 heterocycles. The molecule has 1 aromatic carbocycles. The Morgan fingerprint density at radius 3 is 2.69 bits per heavy atom. The molecule has 1 unspecified atom stereocenters. The van der Waals surface area contributed by atoms with Crippen molar-refractivity contribution < 1.29 is 4.52 Å². The fourth-order valence-electron chi connectivity index (χ4n) is 3.48. The van der Waals surface area contributed by atoms with E-state index >= 15 is 0 Å². The van der Waals surface area contributed by atoms with Gasteiger partial charge >= 0.3 is 0 Å². The van der Waals surface area contributed by atoms with Gasteiger partial charge in [0, 0.05) is 31.6 Å². The highest BCUT2D eigenvalue weighted by molar-refractivity contribution is 5.79. The zero-order valence-electron chi connectivity index (χ0n) is 17.9. The molecule has 7 heteroatoms. The quantitative estimate of drug-likeness (QED) is 0.469. The fraction of sp³-hybridized carbons (Fsp3) is 0.409. The fourth-order valence-corrected chi connectivity index (χ4v) is 3.48. The summed E-state index contributed by atoms with van der Waals surface area (Å²) in [5, 5.41) is 7.42. The number of nitrogens with one attached hydrogen (secondary N) is 2. The zero-order valence-corrected chi connectivity index (χ0v) is 17.9. The van der Waals surface area contributed by atoms with Gasteiger partial charge < -0.3 is 19.7 Å². The number of nitrogens with zero attached hydrogens (tertiary/aromatic N) is 4. The third-order valence-electron chi connectivity index (χ3n) is 4.89. The molecule has 0 amide bonds. The Labute approximate surface area is 172 Å². The van der Waals surface area contributed by atoms with E-state index in [4.69, 9.17) is 9.52 Å². The van der Waals surface area contributed by atoms with Crippen molar-refractivity contribution in [1.82, 2.24) is 25.3 Å². The molecule has 0 spiro atoms. The van der Waals surface area contributed by atoms with Gasteiger partial charge in [-0.25, -0.2) is 4.98 Å². The molecule has 0 radical (unpaired) electrons. The van der Waals surface area contributed by atoms with Crippen molar-refractivity contribution in [1.29, 1.82) is 0 Å². The standard InChI is InChI=1S/C22H30N6O/c1-6-23-22(25-12-15(2)21-16(3)27-29-17(21)4)28(5)14-20-24-13-19(26-20)18-10-8-7-9-11-18/h7-11,13,15H,6,12,14H2,1-5H3,(H,23,25)(H,24,26). The number of H-pyrrole nitrogens is 1. The van der Waals surface area contributed by atoms with Crippen LogP contribution >= 0.6 is 0 Å². The van der Waals surface area contributed by atoms with Crippen LogP contribution in [-0.2, 0) is 6.54 Å². The second kappa shape index (κ2) is 9.41. The highest BCUT2D eigenvalue weighted by Crippen LogP contribution is 2.23. The lowest BCUT2D eigenvalue weighted by molar-refractivity contribution is 0.391. The lowest BCUT2D eigenvalue weighted by Crippen LogP contribution is -2.39. The Kier molecular flexibility index (Phi) is 6.69. The van der Waals surface area contributed by atoms with Crippen molar-refractivity contribution in [2.45, 2.75) is 40.2 Å². The molecule has 7 nitrogen and oxygen atoms in total. The molecule has 0 bridgehead atoms. The van der Waals surface area contributed by atoms with Gasteiger partial charge in [0.2, 0.25) is 0 Å². The predicted octanol–water partition coefficient (Wildman–Crippen LogP) is 3.88.